The molecule has 0 radical (unpaired) electrons. The summed E-state index contributed by atoms with van der Waals surface area (Å²) in [5.74, 6) is -0.366. The predicted octanol–water partition coefficient (Wildman–Crippen LogP) is 1.78. The highest BCUT2D eigenvalue weighted by molar-refractivity contribution is 5.97. The van der Waals surface area contributed by atoms with Gasteiger partial charge < -0.3 is 9.47 Å². The molecule has 0 aromatic heterocycles. The third-order valence-corrected chi connectivity index (χ3v) is 2.18. The zero-order chi connectivity index (χ0) is 13.2. The number of ether oxygens (including phenoxy) is 2. The predicted molar refractivity (Wildman–Crippen MR) is 63.9 cm³/mol. The minimum atomic E-state index is -1.69. The third kappa shape index (κ3) is 2.84. The third-order valence-electron chi connectivity index (χ3n) is 2.18. The molecule has 1 aliphatic heterocycles. The summed E-state index contributed by atoms with van der Waals surface area (Å²) in [6.07, 6.45) is -0.268. The van der Waals surface area contributed by atoms with E-state index in [1.807, 2.05) is 30.3 Å². The fourth-order valence-corrected chi connectivity index (χ4v) is 1.44. The number of hydrogen-bond acceptors (Lipinski definition) is 4. The van der Waals surface area contributed by atoms with Crippen molar-refractivity contribution in [2.45, 2.75) is 26.0 Å². The van der Waals surface area contributed by atoms with Crippen LogP contribution >= 0.6 is 0 Å². The first-order valence-electron chi connectivity index (χ1n) is 6.00. The van der Waals surface area contributed by atoms with Crippen molar-refractivity contribution >= 4 is 11.9 Å². The summed E-state index contributed by atoms with van der Waals surface area (Å²) in [5, 5.41) is 0. The van der Waals surface area contributed by atoms with Gasteiger partial charge in [0.25, 0.3) is 0 Å². The van der Waals surface area contributed by atoms with E-state index in [4.69, 9.17) is 10.8 Å². The highest BCUT2D eigenvalue weighted by Crippen LogP contribution is 2.13. The Morgan fingerprint density at radius 2 is 2.24 bits per heavy atom. The highest BCUT2D eigenvalue weighted by atomic mass is 16.6. The van der Waals surface area contributed by atoms with Crippen LogP contribution in [0.4, 0.5) is 0 Å². The number of benzene rings is 1. The fourth-order valence-electron chi connectivity index (χ4n) is 1.44. The Bertz CT molecular complexity index is 472. The second kappa shape index (κ2) is 4.99. The molecule has 0 saturated carbocycles. The van der Waals surface area contributed by atoms with Gasteiger partial charge in [0.1, 0.15) is 6.61 Å². The molecule has 0 spiro atoms. The Balaban J connectivity index is 2.19. The van der Waals surface area contributed by atoms with Gasteiger partial charge in [0.05, 0.1) is 7.47 Å². The molecule has 0 bridgehead atoms. The maximum atomic E-state index is 11.8. The molecule has 0 fully saturated rings. The van der Waals surface area contributed by atoms with Gasteiger partial charge in [0, 0.05) is 5.56 Å². The molecule has 4 nitrogen and oxygen atoms in total. The average molecular weight is 234 g/mol. The maximum Gasteiger partial charge on any atom is 0.334 e. The minimum absolute atomic E-state index is 0.108. The maximum absolute atomic E-state index is 11.8. The van der Waals surface area contributed by atoms with Crippen LogP contribution < -0.4 is 0 Å². The quantitative estimate of drug-likeness (QED) is 0.749. The van der Waals surface area contributed by atoms with E-state index in [-0.39, 0.29) is 12.7 Å². The molecule has 0 aliphatic carbocycles. The summed E-state index contributed by atoms with van der Waals surface area (Å²) >= 11 is 0. The monoisotopic (exact) mass is 234 g/mol. The Morgan fingerprint density at radius 1 is 1.53 bits per heavy atom. The van der Waals surface area contributed by atoms with Crippen molar-refractivity contribution in [2.24, 2.45) is 4.99 Å². The highest BCUT2D eigenvalue weighted by Gasteiger charge is 2.28. The molecule has 0 N–H and O–H groups in total. The molecule has 2 rings (SSSR count). The van der Waals surface area contributed by atoms with Gasteiger partial charge in [-0.2, -0.15) is 0 Å². The smallest absolute Gasteiger partial charge is 0.334 e. The van der Waals surface area contributed by atoms with Gasteiger partial charge in [-0.3, -0.25) is 0 Å². The first-order chi connectivity index (χ1) is 8.51. The van der Waals surface area contributed by atoms with Gasteiger partial charge in [-0.1, -0.05) is 18.2 Å². The number of hydrogen-bond donors (Lipinski definition) is 0. The molecule has 1 heterocycles. The van der Waals surface area contributed by atoms with Crippen LogP contribution in [-0.2, 0) is 14.3 Å². The zero-order valence-corrected chi connectivity index (χ0v) is 9.84. The van der Waals surface area contributed by atoms with Gasteiger partial charge in [-0.25, -0.2) is 9.79 Å². The van der Waals surface area contributed by atoms with Crippen molar-refractivity contribution in [3.05, 3.63) is 35.9 Å². The summed E-state index contributed by atoms with van der Waals surface area (Å²) in [6, 6.07) is 7.52. The number of carbonyl (C=O) groups is 1. The Morgan fingerprint density at radius 3 is 2.88 bits per heavy atom. The van der Waals surface area contributed by atoms with Gasteiger partial charge in [0.2, 0.25) is 5.90 Å². The lowest BCUT2D eigenvalue weighted by molar-refractivity contribution is -0.149. The second-order valence-corrected chi connectivity index (χ2v) is 3.97. The number of nitrogens with zero attached hydrogens (tertiary/aromatic N) is 1. The molecule has 1 aromatic rings. The molecule has 0 unspecified atom stereocenters. The Kier molecular flexibility index (Phi) is 3.03. The molecule has 4 heteroatoms. The lowest BCUT2D eigenvalue weighted by atomic mass is 10.2. The topological polar surface area (TPSA) is 47.9 Å². The summed E-state index contributed by atoms with van der Waals surface area (Å²) in [5.41, 5.74) is 0.754. The van der Waals surface area contributed by atoms with Crippen molar-refractivity contribution in [2.75, 3.05) is 6.61 Å². The van der Waals surface area contributed by atoms with E-state index in [9.17, 15) is 4.79 Å². The first-order valence-corrected chi connectivity index (χ1v) is 5.50. The normalized spacial score (nSPS) is 23.9. The van der Waals surface area contributed by atoms with E-state index in [1.165, 1.54) is 0 Å². The number of esters is 1. The molecule has 1 aromatic carbocycles. The zero-order valence-electron chi connectivity index (χ0n) is 10.8. The van der Waals surface area contributed by atoms with Gasteiger partial charge in [0.15, 0.2) is 6.02 Å². The molecule has 90 valence electrons. The van der Waals surface area contributed by atoms with E-state index in [2.05, 4.69) is 4.99 Å². The van der Waals surface area contributed by atoms with Crippen LogP contribution in [0.1, 0.15) is 20.8 Å². The van der Waals surface area contributed by atoms with E-state index in [0.29, 0.717) is 5.90 Å². The van der Waals surface area contributed by atoms with Crippen molar-refractivity contribution < 1.29 is 15.6 Å². The van der Waals surface area contributed by atoms with Crippen LogP contribution in [0.25, 0.3) is 0 Å². The van der Waals surface area contributed by atoms with Crippen LogP contribution in [0.2, 0.25) is 0 Å². The van der Waals surface area contributed by atoms with E-state index < -0.39 is 12.0 Å². The number of aliphatic imine (C=N–C) groups is 1. The molecule has 17 heavy (non-hydrogen) atoms. The molecule has 0 saturated heterocycles. The summed E-state index contributed by atoms with van der Waals surface area (Å²) < 4.78 is 18.3. The van der Waals surface area contributed by atoms with E-state index in [1.54, 1.807) is 13.8 Å². The standard InChI is InChI=1S/C13H15NO3/c1-9(2)17-13(15)11-8-16-12(14-11)10-6-4-3-5-7-10/h3-7,9,11H,8H2,1-2H3/t11-/m1/s1/i11D. The van der Waals surface area contributed by atoms with Crippen molar-refractivity contribution in [3.63, 3.8) is 0 Å². The number of rotatable bonds is 3. The van der Waals surface area contributed by atoms with Crippen molar-refractivity contribution in [1.29, 1.82) is 0 Å². The van der Waals surface area contributed by atoms with Gasteiger partial charge >= 0.3 is 5.97 Å². The van der Waals surface area contributed by atoms with Crippen LogP contribution in [0.15, 0.2) is 35.3 Å². The molecular formula is C13H15NO3. The lowest BCUT2D eigenvalue weighted by Crippen LogP contribution is -2.25. The Labute approximate surface area is 102 Å². The van der Waals surface area contributed by atoms with E-state index in [0.717, 1.165) is 5.56 Å². The van der Waals surface area contributed by atoms with Crippen LogP contribution in [-0.4, -0.2) is 30.6 Å². The van der Waals surface area contributed by atoms with Crippen LogP contribution in [0, 0.1) is 0 Å². The molecule has 1 aliphatic rings. The summed E-state index contributed by atoms with van der Waals surface area (Å²) in [4.78, 5) is 15.8. The van der Waals surface area contributed by atoms with Gasteiger partial charge in [-0.05, 0) is 26.0 Å². The van der Waals surface area contributed by atoms with E-state index >= 15 is 0 Å². The largest absolute Gasteiger partial charge is 0.475 e. The Hall–Kier alpha value is -1.84. The van der Waals surface area contributed by atoms with Crippen molar-refractivity contribution in [3.8, 4) is 0 Å². The van der Waals surface area contributed by atoms with Gasteiger partial charge in [-0.15, -0.1) is 0 Å². The average Bonchev–Trinajstić information content (AvgIpc) is 2.74. The summed E-state index contributed by atoms with van der Waals surface area (Å²) in [6.45, 7) is 3.36. The van der Waals surface area contributed by atoms with Crippen molar-refractivity contribution in [1.82, 2.24) is 0 Å². The molecule has 1 atom stereocenters. The van der Waals surface area contributed by atoms with Crippen LogP contribution in [0.3, 0.4) is 0 Å². The minimum Gasteiger partial charge on any atom is -0.475 e. The molecular weight excluding hydrogens is 218 g/mol. The lowest BCUT2D eigenvalue weighted by Gasteiger charge is -2.09. The first kappa shape index (κ1) is 10.3. The SMILES string of the molecule is [2H][C@]1(C(=O)OC(C)C)COC(c2ccccc2)=N1. The summed E-state index contributed by atoms with van der Waals surface area (Å²) in [7, 11) is 0. The van der Waals surface area contributed by atoms with Crippen LogP contribution in [0.5, 0.6) is 0 Å². The molecule has 0 amide bonds. The number of carbonyl (C=O) groups excluding carboxylic acids is 1. The second-order valence-electron chi connectivity index (χ2n) is 3.97. The fraction of sp³-hybridized carbons (Fsp3) is 0.385.